The molecule has 28 heavy (non-hydrogen) atoms. The second-order valence-corrected chi connectivity index (χ2v) is 8.31. The van der Waals surface area contributed by atoms with Crippen LogP contribution >= 0.6 is 0 Å². The number of nitrogens with zero attached hydrogens (tertiary/aromatic N) is 3. The molecule has 4 aliphatic rings. The van der Waals surface area contributed by atoms with Crippen LogP contribution < -0.4 is 0 Å². The Kier molecular flexibility index (Phi) is 4.19. The number of halogens is 2. The molecule has 3 atom stereocenters. The van der Waals surface area contributed by atoms with E-state index < -0.39 is 11.6 Å². The van der Waals surface area contributed by atoms with Crippen LogP contribution in [0.4, 0.5) is 8.78 Å². The second-order valence-electron chi connectivity index (χ2n) is 8.31. The average molecular weight is 383 g/mol. The van der Waals surface area contributed by atoms with Crippen LogP contribution in [0.15, 0.2) is 36.7 Å². The highest BCUT2D eigenvalue weighted by molar-refractivity contribution is 5.94. The zero-order valence-electron chi connectivity index (χ0n) is 15.8. The van der Waals surface area contributed by atoms with Gasteiger partial charge in [-0.3, -0.25) is 14.7 Å². The number of fused-ring (bicyclic) bond motifs is 2. The van der Waals surface area contributed by atoms with E-state index >= 15 is 0 Å². The van der Waals surface area contributed by atoms with Crippen LogP contribution in [-0.4, -0.2) is 52.4 Å². The first kappa shape index (κ1) is 17.7. The molecule has 0 unspecified atom stereocenters. The summed E-state index contributed by atoms with van der Waals surface area (Å²) in [6, 6.07) is 6.33. The fraction of sp³-hybridized carbons (Fsp3) is 0.455. The van der Waals surface area contributed by atoms with Gasteiger partial charge in [-0.1, -0.05) is 12.1 Å². The summed E-state index contributed by atoms with van der Waals surface area (Å²) < 4.78 is 28.6. The van der Waals surface area contributed by atoms with E-state index in [1.807, 2.05) is 17.9 Å². The molecule has 4 aliphatic heterocycles. The molecule has 1 aromatic carbocycles. The van der Waals surface area contributed by atoms with E-state index in [0.29, 0.717) is 23.6 Å². The number of piperidine rings is 3. The van der Waals surface area contributed by atoms with Crippen molar-refractivity contribution in [2.24, 2.45) is 5.92 Å². The van der Waals surface area contributed by atoms with E-state index in [1.165, 1.54) is 0 Å². The molecule has 2 aromatic rings. The Balaban J connectivity index is 1.56. The van der Waals surface area contributed by atoms with Crippen molar-refractivity contribution < 1.29 is 13.6 Å². The smallest absolute Gasteiger partial charge is 0.255 e. The number of pyridine rings is 1. The highest BCUT2D eigenvalue weighted by Crippen LogP contribution is 2.47. The van der Waals surface area contributed by atoms with Gasteiger partial charge in [0.05, 0.1) is 11.6 Å². The SMILES string of the molecule is Cc1cncc(C(=O)N2C[C@H](c3cccc(F)c3F)[C@@H]3[C@H]2C2CCN3CC2)c1. The lowest BCUT2D eigenvalue weighted by Crippen LogP contribution is -2.60. The third kappa shape index (κ3) is 2.65. The number of likely N-dealkylation sites (tertiary alicyclic amines) is 1. The Bertz CT molecular complexity index is 926. The molecule has 0 saturated carbocycles. The van der Waals surface area contributed by atoms with Crippen LogP contribution in [0.25, 0.3) is 0 Å². The summed E-state index contributed by atoms with van der Waals surface area (Å²) in [6.45, 7) is 4.26. The predicted octanol–water partition coefficient (Wildman–Crippen LogP) is 3.37. The van der Waals surface area contributed by atoms with Crippen molar-refractivity contribution in [3.05, 3.63) is 65.0 Å². The van der Waals surface area contributed by atoms with Crippen LogP contribution in [-0.2, 0) is 0 Å². The average Bonchev–Trinajstić information content (AvgIpc) is 3.13. The molecule has 6 rings (SSSR count). The Morgan fingerprint density at radius 2 is 1.93 bits per heavy atom. The van der Waals surface area contributed by atoms with E-state index in [0.717, 1.165) is 37.6 Å². The molecule has 6 heteroatoms. The van der Waals surface area contributed by atoms with Crippen molar-refractivity contribution in [2.45, 2.75) is 37.8 Å². The minimum absolute atomic E-state index is 0.0446. The van der Waals surface area contributed by atoms with E-state index in [9.17, 15) is 13.6 Å². The molecule has 0 N–H and O–H groups in total. The van der Waals surface area contributed by atoms with Gasteiger partial charge in [-0.15, -0.1) is 0 Å². The number of amides is 1. The van der Waals surface area contributed by atoms with Gasteiger partial charge in [0.1, 0.15) is 0 Å². The molecule has 0 spiro atoms. The molecule has 4 saturated heterocycles. The fourth-order valence-corrected chi connectivity index (χ4v) is 5.57. The van der Waals surface area contributed by atoms with Gasteiger partial charge in [0.2, 0.25) is 0 Å². The number of carbonyl (C=O) groups is 1. The molecule has 0 aliphatic carbocycles. The topological polar surface area (TPSA) is 36.4 Å². The Labute approximate surface area is 163 Å². The Hall–Kier alpha value is -2.34. The van der Waals surface area contributed by atoms with Gasteiger partial charge in [0, 0.05) is 30.9 Å². The molecular weight excluding hydrogens is 360 g/mol. The van der Waals surface area contributed by atoms with Crippen LogP contribution in [0.2, 0.25) is 0 Å². The minimum Gasteiger partial charge on any atom is -0.333 e. The van der Waals surface area contributed by atoms with Gasteiger partial charge in [0.25, 0.3) is 5.91 Å². The molecule has 4 nitrogen and oxygen atoms in total. The first-order valence-electron chi connectivity index (χ1n) is 9.95. The number of carbonyl (C=O) groups excluding carboxylic acids is 1. The summed E-state index contributed by atoms with van der Waals surface area (Å²) in [7, 11) is 0. The number of aryl methyl sites for hydroxylation is 1. The van der Waals surface area contributed by atoms with Gasteiger partial charge in [-0.05, 0) is 62.0 Å². The zero-order chi connectivity index (χ0) is 19.4. The zero-order valence-corrected chi connectivity index (χ0v) is 15.8. The molecule has 2 bridgehead atoms. The molecule has 0 radical (unpaired) electrons. The summed E-state index contributed by atoms with van der Waals surface area (Å²) >= 11 is 0. The fourth-order valence-electron chi connectivity index (χ4n) is 5.57. The van der Waals surface area contributed by atoms with Crippen molar-refractivity contribution in [2.75, 3.05) is 19.6 Å². The molecule has 146 valence electrons. The van der Waals surface area contributed by atoms with E-state index in [2.05, 4.69) is 9.88 Å². The first-order valence-corrected chi connectivity index (χ1v) is 9.95. The summed E-state index contributed by atoms with van der Waals surface area (Å²) in [5, 5.41) is 0. The van der Waals surface area contributed by atoms with Crippen molar-refractivity contribution in [1.29, 1.82) is 0 Å². The maximum absolute atomic E-state index is 14.7. The van der Waals surface area contributed by atoms with E-state index in [-0.39, 0.29) is 23.9 Å². The second kappa shape index (κ2) is 6.62. The number of aromatic nitrogens is 1. The molecular formula is C22H23F2N3O. The maximum atomic E-state index is 14.7. The Morgan fingerprint density at radius 3 is 2.68 bits per heavy atom. The van der Waals surface area contributed by atoms with Gasteiger partial charge in [0.15, 0.2) is 11.6 Å². The molecule has 1 aromatic heterocycles. The largest absolute Gasteiger partial charge is 0.333 e. The monoisotopic (exact) mass is 383 g/mol. The van der Waals surface area contributed by atoms with Crippen LogP contribution in [0.5, 0.6) is 0 Å². The summed E-state index contributed by atoms with van der Waals surface area (Å²) in [6.07, 6.45) is 5.43. The van der Waals surface area contributed by atoms with Gasteiger partial charge in [-0.25, -0.2) is 8.78 Å². The van der Waals surface area contributed by atoms with E-state index in [4.69, 9.17) is 0 Å². The highest BCUT2D eigenvalue weighted by atomic mass is 19.2. The normalized spacial score (nSPS) is 31.1. The van der Waals surface area contributed by atoms with Gasteiger partial charge in [-0.2, -0.15) is 0 Å². The van der Waals surface area contributed by atoms with E-state index in [1.54, 1.807) is 24.5 Å². The third-order valence-corrected chi connectivity index (χ3v) is 6.76. The van der Waals surface area contributed by atoms with Crippen molar-refractivity contribution in [3.63, 3.8) is 0 Å². The number of hydrogen-bond acceptors (Lipinski definition) is 3. The van der Waals surface area contributed by atoms with Gasteiger partial charge >= 0.3 is 0 Å². The molecule has 5 heterocycles. The first-order chi connectivity index (χ1) is 13.5. The molecule has 1 amide bonds. The summed E-state index contributed by atoms with van der Waals surface area (Å²) in [5.74, 6) is -1.46. The maximum Gasteiger partial charge on any atom is 0.255 e. The quantitative estimate of drug-likeness (QED) is 0.798. The van der Waals surface area contributed by atoms with Crippen molar-refractivity contribution in [1.82, 2.24) is 14.8 Å². The summed E-state index contributed by atoms with van der Waals surface area (Å²) in [4.78, 5) is 21.8. The molecule has 4 fully saturated rings. The standard InChI is InChI=1S/C22H23F2N3O/c1-13-9-15(11-25-10-13)22(28)27-12-17(16-3-2-4-18(23)19(16)24)21-20(27)14-5-7-26(21)8-6-14/h2-4,9-11,14,17,20-21H,5-8,12H2,1H3/t17-,20-,21-/m1/s1. The van der Waals surface area contributed by atoms with Crippen LogP contribution in [0, 0.1) is 24.5 Å². The lowest BCUT2D eigenvalue weighted by molar-refractivity contribution is -0.00360. The number of rotatable bonds is 2. The lowest BCUT2D eigenvalue weighted by Gasteiger charge is -2.51. The predicted molar refractivity (Wildman–Crippen MR) is 101 cm³/mol. The number of hydrogen-bond donors (Lipinski definition) is 0. The van der Waals surface area contributed by atoms with Crippen molar-refractivity contribution >= 4 is 5.91 Å². The van der Waals surface area contributed by atoms with Crippen molar-refractivity contribution in [3.8, 4) is 0 Å². The lowest BCUT2D eigenvalue weighted by atomic mass is 9.75. The number of benzene rings is 1. The Morgan fingerprint density at radius 1 is 1.14 bits per heavy atom. The minimum atomic E-state index is -0.822. The third-order valence-electron chi connectivity index (χ3n) is 6.76. The summed E-state index contributed by atoms with van der Waals surface area (Å²) in [5.41, 5.74) is 1.89. The highest BCUT2D eigenvalue weighted by Gasteiger charge is 2.55. The van der Waals surface area contributed by atoms with Gasteiger partial charge < -0.3 is 4.90 Å². The van der Waals surface area contributed by atoms with Crippen LogP contribution in [0.3, 0.4) is 0 Å². The van der Waals surface area contributed by atoms with Crippen LogP contribution in [0.1, 0.15) is 40.2 Å².